The van der Waals surface area contributed by atoms with E-state index < -0.39 is 0 Å². The predicted octanol–water partition coefficient (Wildman–Crippen LogP) is 3.32. The molecule has 9 heteroatoms. The molecule has 32 heavy (non-hydrogen) atoms. The molecule has 8 nitrogen and oxygen atoms in total. The summed E-state index contributed by atoms with van der Waals surface area (Å²) in [5.41, 5.74) is 3.00. The maximum atomic E-state index is 14.1. The molecule has 1 aliphatic carbocycles. The van der Waals surface area contributed by atoms with Crippen LogP contribution in [0.15, 0.2) is 31.2 Å². The molecular formula is C23H25FN6O2. The molecule has 6 rings (SSSR count). The fourth-order valence-corrected chi connectivity index (χ4v) is 4.81. The zero-order valence-electron chi connectivity index (χ0n) is 18.0. The van der Waals surface area contributed by atoms with E-state index >= 15 is 0 Å². The van der Waals surface area contributed by atoms with Gasteiger partial charge < -0.3 is 19.7 Å². The molecule has 3 aliphatic rings. The highest BCUT2D eigenvalue weighted by molar-refractivity contribution is 5.75. The van der Waals surface area contributed by atoms with Gasteiger partial charge in [0.1, 0.15) is 12.4 Å². The molecule has 1 spiro atoms. The Hall–Kier alpha value is -3.36. The Kier molecular flexibility index (Phi) is 4.28. The van der Waals surface area contributed by atoms with E-state index in [0.29, 0.717) is 48.4 Å². The Morgan fingerprint density at radius 1 is 1.25 bits per heavy atom. The Balaban J connectivity index is 1.51. The first kappa shape index (κ1) is 19.3. The van der Waals surface area contributed by atoms with E-state index in [-0.39, 0.29) is 17.4 Å². The smallest absolute Gasteiger partial charge is 0.218 e. The van der Waals surface area contributed by atoms with Crippen LogP contribution in [0.4, 0.5) is 10.2 Å². The topological polar surface area (TPSA) is 76.8 Å². The summed E-state index contributed by atoms with van der Waals surface area (Å²) in [6, 6.07) is 1.53. The molecule has 3 aromatic rings. The van der Waals surface area contributed by atoms with Gasteiger partial charge in [0.2, 0.25) is 5.88 Å². The fraction of sp³-hybridized carbons (Fsp3) is 0.435. The van der Waals surface area contributed by atoms with Gasteiger partial charge in [0, 0.05) is 23.2 Å². The van der Waals surface area contributed by atoms with Crippen molar-refractivity contribution in [2.24, 2.45) is 0 Å². The van der Waals surface area contributed by atoms with Crippen molar-refractivity contribution >= 4 is 17.2 Å². The zero-order chi connectivity index (χ0) is 21.9. The molecule has 0 unspecified atom stereocenters. The van der Waals surface area contributed by atoms with Crippen LogP contribution in [-0.4, -0.2) is 44.4 Å². The maximum Gasteiger partial charge on any atom is 0.218 e. The minimum atomic E-state index is -0.385. The SMILES string of the molecule is C=C1NC2(CCC2)CCOc2ncc(F)cc2CN2c3nc4c1cnn4cc3OC[C@H]2C. The second-order valence-electron chi connectivity index (χ2n) is 9.00. The molecule has 2 aliphatic heterocycles. The van der Waals surface area contributed by atoms with Gasteiger partial charge in [-0.1, -0.05) is 6.58 Å². The first-order chi connectivity index (χ1) is 15.5. The van der Waals surface area contributed by atoms with E-state index in [1.165, 1.54) is 12.3 Å². The lowest BCUT2D eigenvalue weighted by molar-refractivity contribution is 0.156. The van der Waals surface area contributed by atoms with Crippen LogP contribution in [0.1, 0.15) is 43.7 Å². The van der Waals surface area contributed by atoms with Crippen molar-refractivity contribution in [1.29, 1.82) is 0 Å². The third-order valence-corrected chi connectivity index (χ3v) is 6.83. The third kappa shape index (κ3) is 3.06. The summed E-state index contributed by atoms with van der Waals surface area (Å²) in [6.07, 6.45) is 8.89. The highest BCUT2D eigenvalue weighted by Crippen LogP contribution is 2.39. The summed E-state index contributed by atoms with van der Waals surface area (Å²) in [6.45, 7) is 7.75. The fourth-order valence-electron chi connectivity index (χ4n) is 4.81. The van der Waals surface area contributed by atoms with Crippen LogP contribution in [-0.2, 0) is 6.54 Å². The first-order valence-corrected chi connectivity index (χ1v) is 11.0. The molecule has 2 bridgehead atoms. The second-order valence-corrected chi connectivity index (χ2v) is 9.00. The van der Waals surface area contributed by atoms with Crippen molar-refractivity contribution in [3.8, 4) is 11.6 Å². The molecule has 0 amide bonds. The van der Waals surface area contributed by atoms with E-state index in [1.807, 2.05) is 6.20 Å². The van der Waals surface area contributed by atoms with Crippen LogP contribution >= 0.6 is 0 Å². The number of anilines is 1. The largest absolute Gasteiger partial charge is 0.486 e. The number of hydrogen-bond acceptors (Lipinski definition) is 7. The van der Waals surface area contributed by atoms with Crippen molar-refractivity contribution in [2.75, 3.05) is 18.1 Å². The van der Waals surface area contributed by atoms with Gasteiger partial charge in [0.05, 0.1) is 43.3 Å². The molecule has 1 fully saturated rings. The molecule has 1 saturated carbocycles. The van der Waals surface area contributed by atoms with E-state index in [9.17, 15) is 4.39 Å². The number of aromatic nitrogens is 4. The monoisotopic (exact) mass is 436 g/mol. The molecule has 0 aromatic carbocycles. The van der Waals surface area contributed by atoms with Crippen molar-refractivity contribution in [3.63, 3.8) is 0 Å². The van der Waals surface area contributed by atoms with Gasteiger partial charge in [-0.2, -0.15) is 5.10 Å². The van der Waals surface area contributed by atoms with Crippen LogP contribution in [0, 0.1) is 5.82 Å². The van der Waals surface area contributed by atoms with Crippen LogP contribution in [0.5, 0.6) is 11.6 Å². The average Bonchev–Trinajstić information content (AvgIpc) is 3.16. The number of hydrogen-bond donors (Lipinski definition) is 1. The van der Waals surface area contributed by atoms with Gasteiger partial charge in [-0.25, -0.2) is 18.9 Å². The Morgan fingerprint density at radius 2 is 2.12 bits per heavy atom. The number of nitrogens with zero attached hydrogens (tertiary/aromatic N) is 5. The summed E-state index contributed by atoms with van der Waals surface area (Å²) >= 11 is 0. The number of rotatable bonds is 0. The Labute approximate surface area is 185 Å². The lowest BCUT2D eigenvalue weighted by atomic mass is 9.74. The third-order valence-electron chi connectivity index (χ3n) is 6.83. The molecule has 1 N–H and O–H groups in total. The first-order valence-electron chi connectivity index (χ1n) is 11.0. The van der Waals surface area contributed by atoms with Gasteiger partial charge in [-0.05, 0) is 32.3 Å². The van der Waals surface area contributed by atoms with Crippen LogP contribution in [0.3, 0.4) is 0 Å². The normalized spacial score (nSPS) is 21.9. The van der Waals surface area contributed by atoms with Gasteiger partial charge in [0.15, 0.2) is 17.2 Å². The van der Waals surface area contributed by atoms with Gasteiger partial charge in [0.25, 0.3) is 0 Å². The van der Waals surface area contributed by atoms with Crippen LogP contribution < -0.4 is 19.7 Å². The Morgan fingerprint density at radius 3 is 2.94 bits per heavy atom. The predicted molar refractivity (Wildman–Crippen MR) is 117 cm³/mol. The summed E-state index contributed by atoms with van der Waals surface area (Å²) < 4.78 is 27.9. The van der Waals surface area contributed by atoms with Crippen molar-refractivity contribution in [1.82, 2.24) is 24.9 Å². The molecular weight excluding hydrogens is 411 g/mol. The molecule has 5 heterocycles. The number of fused-ring (bicyclic) bond motifs is 1. The summed E-state index contributed by atoms with van der Waals surface area (Å²) in [5, 5.41) is 8.13. The van der Waals surface area contributed by atoms with E-state index in [1.54, 1.807) is 10.7 Å². The summed E-state index contributed by atoms with van der Waals surface area (Å²) in [5.74, 6) is 1.40. The zero-order valence-corrected chi connectivity index (χ0v) is 18.0. The van der Waals surface area contributed by atoms with Crippen molar-refractivity contribution < 1.29 is 13.9 Å². The molecule has 1 atom stereocenters. The summed E-state index contributed by atoms with van der Waals surface area (Å²) in [4.78, 5) is 11.3. The standard InChI is InChI=1S/C23H25FN6O2/c1-14-13-32-19-12-30-20-18(10-26-30)15(2)28-23(4-3-5-23)6-7-31-22-16(8-17(24)9-25-22)11-29(14)21(19)27-20/h8-10,12,14,28H,2-7,11,13H2,1H3/t14-/m1/s1. The molecule has 0 radical (unpaired) electrons. The number of halogens is 1. The molecule has 3 aromatic heterocycles. The Bertz CT molecular complexity index is 1220. The van der Waals surface area contributed by atoms with Gasteiger partial charge >= 0.3 is 0 Å². The number of nitrogens with one attached hydrogen (secondary N) is 1. The molecule has 0 saturated heterocycles. The highest BCUT2D eigenvalue weighted by Gasteiger charge is 2.38. The van der Waals surface area contributed by atoms with E-state index in [2.05, 4.69) is 33.8 Å². The maximum absolute atomic E-state index is 14.1. The van der Waals surface area contributed by atoms with Crippen molar-refractivity contribution in [3.05, 3.63) is 48.2 Å². The summed E-state index contributed by atoms with van der Waals surface area (Å²) in [7, 11) is 0. The highest BCUT2D eigenvalue weighted by atomic mass is 19.1. The number of pyridine rings is 1. The molecule has 166 valence electrons. The lowest BCUT2D eigenvalue weighted by Gasteiger charge is -2.44. The quantitative estimate of drug-likeness (QED) is 0.579. The van der Waals surface area contributed by atoms with Crippen molar-refractivity contribution in [2.45, 2.75) is 50.7 Å². The lowest BCUT2D eigenvalue weighted by Crippen LogP contribution is -2.50. The number of ether oxygens (including phenoxy) is 2. The van der Waals surface area contributed by atoms with E-state index in [4.69, 9.17) is 14.5 Å². The van der Waals surface area contributed by atoms with E-state index in [0.717, 1.165) is 36.9 Å². The van der Waals surface area contributed by atoms with Gasteiger partial charge in [-0.15, -0.1) is 0 Å². The second kappa shape index (κ2) is 7.08. The minimum Gasteiger partial charge on any atom is -0.486 e. The van der Waals surface area contributed by atoms with Crippen LogP contribution in [0.2, 0.25) is 0 Å². The van der Waals surface area contributed by atoms with Gasteiger partial charge in [-0.3, -0.25) is 0 Å². The average molecular weight is 436 g/mol. The minimum absolute atomic E-state index is 0.0346. The van der Waals surface area contributed by atoms with Crippen LogP contribution in [0.25, 0.3) is 11.3 Å².